The van der Waals surface area contributed by atoms with E-state index in [2.05, 4.69) is 0 Å². The summed E-state index contributed by atoms with van der Waals surface area (Å²) in [5.41, 5.74) is 0.136. The number of aromatic hydroxyl groups is 2. The average Bonchev–Trinajstić information content (AvgIpc) is 2.47. The molecule has 0 radical (unpaired) electrons. The Kier molecular flexibility index (Phi) is 4.52. The van der Waals surface area contributed by atoms with Crippen LogP contribution in [0.4, 0.5) is 4.79 Å². The largest absolute Gasteiger partial charge is 0.508 e. The van der Waals surface area contributed by atoms with Crippen LogP contribution < -0.4 is 0 Å². The maximum absolute atomic E-state index is 12.3. The predicted molar refractivity (Wildman–Crippen MR) is 74.3 cm³/mol. The standard InChI is InChI=1S/C14H18N2O5/c1-2-21-14(20)16-7-5-15(6-8-16)13(19)11-4-3-10(17)9-12(11)18/h3-4,9,17-18H,2,5-8H2,1H3. The van der Waals surface area contributed by atoms with Gasteiger partial charge in [0, 0.05) is 32.2 Å². The Labute approximate surface area is 122 Å². The Morgan fingerprint density at radius 1 is 1.14 bits per heavy atom. The molecule has 0 aliphatic carbocycles. The molecule has 2 amide bonds. The second-order valence-corrected chi connectivity index (χ2v) is 4.68. The van der Waals surface area contributed by atoms with E-state index >= 15 is 0 Å². The molecule has 0 aromatic heterocycles. The lowest BCUT2D eigenvalue weighted by molar-refractivity contribution is 0.0568. The fourth-order valence-electron chi connectivity index (χ4n) is 2.18. The lowest BCUT2D eigenvalue weighted by Crippen LogP contribution is -2.50. The van der Waals surface area contributed by atoms with Crippen molar-refractivity contribution in [3.63, 3.8) is 0 Å². The van der Waals surface area contributed by atoms with E-state index in [4.69, 9.17) is 4.74 Å². The Morgan fingerprint density at radius 3 is 2.33 bits per heavy atom. The first-order valence-corrected chi connectivity index (χ1v) is 6.76. The summed E-state index contributed by atoms with van der Waals surface area (Å²) in [6, 6.07) is 3.86. The first kappa shape index (κ1) is 15.0. The van der Waals surface area contributed by atoms with Crippen molar-refractivity contribution >= 4 is 12.0 Å². The smallest absolute Gasteiger partial charge is 0.409 e. The van der Waals surface area contributed by atoms with Crippen LogP contribution in [0, 0.1) is 0 Å². The number of rotatable bonds is 2. The molecular formula is C14H18N2O5. The van der Waals surface area contributed by atoms with Crippen molar-refractivity contribution in [3.05, 3.63) is 23.8 Å². The first-order chi connectivity index (χ1) is 10.0. The number of piperazine rings is 1. The molecule has 7 heteroatoms. The summed E-state index contributed by atoms with van der Waals surface area (Å²) in [6.07, 6.45) is -0.378. The third-order valence-electron chi connectivity index (χ3n) is 3.30. The van der Waals surface area contributed by atoms with E-state index in [1.165, 1.54) is 12.1 Å². The highest BCUT2D eigenvalue weighted by Gasteiger charge is 2.26. The maximum atomic E-state index is 12.3. The Balaban J connectivity index is 1.98. The number of amides is 2. The van der Waals surface area contributed by atoms with Crippen molar-refractivity contribution in [2.45, 2.75) is 6.92 Å². The van der Waals surface area contributed by atoms with Crippen molar-refractivity contribution < 1.29 is 24.5 Å². The molecule has 0 saturated carbocycles. The summed E-state index contributed by atoms with van der Waals surface area (Å²) in [4.78, 5) is 27.0. The highest BCUT2D eigenvalue weighted by Crippen LogP contribution is 2.24. The first-order valence-electron chi connectivity index (χ1n) is 6.76. The monoisotopic (exact) mass is 294 g/mol. The third-order valence-corrected chi connectivity index (χ3v) is 3.30. The topological polar surface area (TPSA) is 90.3 Å². The highest BCUT2D eigenvalue weighted by atomic mass is 16.6. The number of hydrogen-bond acceptors (Lipinski definition) is 5. The number of benzene rings is 1. The van der Waals surface area contributed by atoms with E-state index in [9.17, 15) is 19.8 Å². The van der Waals surface area contributed by atoms with Crippen molar-refractivity contribution in [1.82, 2.24) is 9.80 Å². The minimum atomic E-state index is -0.378. The summed E-state index contributed by atoms with van der Waals surface area (Å²) in [5.74, 6) is -0.681. The molecule has 0 bridgehead atoms. The zero-order valence-corrected chi connectivity index (χ0v) is 11.8. The van der Waals surface area contributed by atoms with Gasteiger partial charge in [0.05, 0.1) is 12.2 Å². The zero-order chi connectivity index (χ0) is 15.4. The molecule has 21 heavy (non-hydrogen) atoms. The minimum absolute atomic E-state index is 0.101. The van der Waals surface area contributed by atoms with Gasteiger partial charge in [0.1, 0.15) is 11.5 Å². The second kappa shape index (κ2) is 6.34. The molecule has 0 unspecified atom stereocenters. The van der Waals surface area contributed by atoms with E-state index in [0.717, 1.165) is 6.07 Å². The van der Waals surface area contributed by atoms with Crippen LogP contribution >= 0.6 is 0 Å². The summed E-state index contributed by atoms with van der Waals surface area (Å²) in [6.45, 7) is 3.59. The molecule has 1 aromatic carbocycles. The fourth-order valence-corrected chi connectivity index (χ4v) is 2.18. The van der Waals surface area contributed by atoms with Crippen molar-refractivity contribution in [2.24, 2.45) is 0 Å². The number of phenols is 2. The van der Waals surface area contributed by atoms with Gasteiger partial charge in [-0.25, -0.2) is 4.79 Å². The lowest BCUT2D eigenvalue weighted by Gasteiger charge is -2.34. The summed E-state index contributed by atoms with van der Waals surface area (Å²) in [5, 5.41) is 18.9. The molecule has 1 heterocycles. The fraction of sp³-hybridized carbons (Fsp3) is 0.429. The van der Waals surface area contributed by atoms with Crippen LogP contribution in [0.1, 0.15) is 17.3 Å². The van der Waals surface area contributed by atoms with Gasteiger partial charge in [-0.3, -0.25) is 4.79 Å². The molecule has 7 nitrogen and oxygen atoms in total. The number of hydrogen-bond donors (Lipinski definition) is 2. The van der Waals surface area contributed by atoms with Gasteiger partial charge >= 0.3 is 6.09 Å². The molecule has 0 spiro atoms. The predicted octanol–water partition coefficient (Wildman–Crippen LogP) is 1.01. The maximum Gasteiger partial charge on any atom is 0.409 e. The summed E-state index contributed by atoms with van der Waals surface area (Å²) < 4.78 is 4.91. The van der Waals surface area contributed by atoms with E-state index < -0.39 is 0 Å². The van der Waals surface area contributed by atoms with E-state index in [-0.39, 0.29) is 29.1 Å². The molecule has 1 aromatic rings. The van der Waals surface area contributed by atoms with Gasteiger partial charge in [0.15, 0.2) is 0 Å². The van der Waals surface area contributed by atoms with Gasteiger partial charge in [0.2, 0.25) is 0 Å². The van der Waals surface area contributed by atoms with Crippen LogP contribution in [0.5, 0.6) is 11.5 Å². The number of ether oxygens (including phenoxy) is 1. The van der Waals surface area contributed by atoms with E-state index in [0.29, 0.717) is 32.8 Å². The van der Waals surface area contributed by atoms with Crippen LogP contribution in [0.2, 0.25) is 0 Å². The quantitative estimate of drug-likeness (QED) is 0.849. The normalized spacial score (nSPS) is 14.9. The van der Waals surface area contributed by atoms with Crippen molar-refractivity contribution in [2.75, 3.05) is 32.8 Å². The molecular weight excluding hydrogens is 276 g/mol. The molecule has 114 valence electrons. The van der Waals surface area contributed by atoms with Crippen LogP contribution in [-0.2, 0) is 4.74 Å². The van der Waals surface area contributed by atoms with E-state index in [1.807, 2.05) is 0 Å². The summed E-state index contributed by atoms with van der Waals surface area (Å²) in [7, 11) is 0. The average molecular weight is 294 g/mol. The number of carbonyl (C=O) groups excluding carboxylic acids is 2. The van der Waals surface area contributed by atoms with E-state index in [1.54, 1.807) is 16.7 Å². The molecule has 1 aliphatic rings. The Hall–Kier alpha value is -2.44. The Bertz CT molecular complexity index is 538. The Morgan fingerprint density at radius 2 is 1.76 bits per heavy atom. The zero-order valence-electron chi connectivity index (χ0n) is 11.8. The molecule has 2 N–H and O–H groups in total. The molecule has 0 atom stereocenters. The number of carbonyl (C=O) groups is 2. The number of nitrogens with zero attached hydrogens (tertiary/aromatic N) is 2. The van der Waals surface area contributed by atoms with Crippen molar-refractivity contribution in [3.8, 4) is 11.5 Å². The minimum Gasteiger partial charge on any atom is -0.508 e. The van der Waals surface area contributed by atoms with Gasteiger partial charge in [-0.05, 0) is 19.1 Å². The van der Waals surface area contributed by atoms with Crippen LogP contribution in [0.25, 0.3) is 0 Å². The summed E-state index contributed by atoms with van der Waals surface area (Å²) >= 11 is 0. The van der Waals surface area contributed by atoms with Gasteiger partial charge in [-0.2, -0.15) is 0 Å². The molecule has 2 rings (SSSR count). The third kappa shape index (κ3) is 3.36. The van der Waals surface area contributed by atoms with Gasteiger partial charge < -0.3 is 24.7 Å². The number of phenolic OH excluding ortho intramolecular Hbond substituents is 2. The van der Waals surface area contributed by atoms with Gasteiger partial charge in [-0.1, -0.05) is 0 Å². The van der Waals surface area contributed by atoms with Crippen LogP contribution in [0.15, 0.2) is 18.2 Å². The molecule has 1 aliphatic heterocycles. The van der Waals surface area contributed by atoms with Gasteiger partial charge in [-0.15, -0.1) is 0 Å². The van der Waals surface area contributed by atoms with Crippen molar-refractivity contribution in [1.29, 1.82) is 0 Å². The van der Waals surface area contributed by atoms with Crippen LogP contribution in [-0.4, -0.2) is 64.8 Å². The molecule has 1 fully saturated rings. The van der Waals surface area contributed by atoms with Crippen LogP contribution in [0.3, 0.4) is 0 Å². The lowest BCUT2D eigenvalue weighted by atomic mass is 10.1. The highest BCUT2D eigenvalue weighted by molar-refractivity contribution is 5.97. The van der Waals surface area contributed by atoms with Gasteiger partial charge in [0.25, 0.3) is 5.91 Å². The molecule has 1 saturated heterocycles. The SMILES string of the molecule is CCOC(=O)N1CCN(C(=O)c2ccc(O)cc2O)CC1. The second-order valence-electron chi connectivity index (χ2n) is 4.68.